The highest BCUT2D eigenvalue weighted by molar-refractivity contribution is 7.89. The first-order chi connectivity index (χ1) is 17.7. The molecule has 0 fully saturated rings. The van der Waals surface area contributed by atoms with Crippen LogP contribution in [0, 0.1) is 0 Å². The Kier molecular flexibility index (Phi) is 7.45. The molecule has 0 unspecified atom stereocenters. The van der Waals surface area contributed by atoms with E-state index in [0.717, 1.165) is 17.5 Å². The number of aliphatic hydroxyl groups is 1. The maximum absolute atomic E-state index is 13.3. The van der Waals surface area contributed by atoms with E-state index in [9.17, 15) is 18.3 Å². The first-order valence-corrected chi connectivity index (χ1v) is 14.2. The summed E-state index contributed by atoms with van der Waals surface area (Å²) >= 11 is 0. The Morgan fingerprint density at radius 1 is 1.03 bits per heavy atom. The Morgan fingerprint density at radius 3 is 2.34 bits per heavy atom. The van der Waals surface area contributed by atoms with Crippen molar-refractivity contribution in [3.8, 4) is 5.75 Å². The van der Waals surface area contributed by atoms with Gasteiger partial charge in [-0.05, 0) is 79.3 Å². The van der Waals surface area contributed by atoms with Crippen LogP contribution in [0.4, 0.5) is 5.69 Å². The molecule has 2 atom stereocenters. The first kappa shape index (κ1) is 27.8. The number of carbonyl (C=O) groups is 1. The molecule has 8 heteroatoms. The van der Waals surface area contributed by atoms with E-state index in [-0.39, 0.29) is 16.2 Å². The molecule has 0 aliphatic carbocycles. The van der Waals surface area contributed by atoms with Crippen LogP contribution in [0.1, 0.15) is 74.6 Å². The number of amides is 1. The molecule has 3 aromatic carbocycles. The molecule has 1 aliphatic heterocycles. The van der Waals surface area contributed by atoms with Crippen LogP contribution in [0.5, 0.6) is 5.75 Å². The third-order valence-corrected chi connectivity index (χ3v) is 8.38. The summed E-state index contributed by atoms with van der Waals surface area (Å²) in [5, 5.41) is 14.1. The molecule has 7 nitrogen and oxygen atoms in total. The van der Waals surface area contributed by atoms with E-state index in [1.807, 2.05) is 31.2 Å². The average molecular weight is 537 g/mol. The fraction of sp³-hybridized carbons (Fsp3) is 0.367. The summed E-state index contributed by atoms with van der Waals surface area (Å²) in [6.45, 7) is 11.7. The summed E-state index contributed by atoms with van der Waals surface area (Å²) in [5.74, 6) is 0.0514. The minimum Gasteiger partial charge on any atom is -0.485 e. The Bertz CT molecular complexity index is 1440. The molecule has 38 heavy (non-hydrogen) atoms. The van der Waals surface area contributed by atoms with Gasteiger partial charge < -0.3 is 15.2 Å². The number of nitrogens with one attached hydrogen (secondary N) is 2. The second-order valence-corrected chi connectivity index (χ2v) is 13.0. The Morgan fingerprint density at radius 2 is 1.71 bits per heavy atom. The topological polar surface area (TPSA) is 105 Å². The molecule has 4 rings (SSSR count). The minimum atomic E-state index is -3.98. The van der Waals surface area contributed by atoms with Gasteiger partial charge in [0.25, 0.3) is 5.91 Å². The number of sulfonamides is 1. The molecule has 1 amide bonds. The maximum Gasteiger partial charge on any atom is 0.255 e. The monoisotopic (exact) mass is 536 g/mol. The van der Waals surface area contributed by atoms with Crippen LogP contribution in [0.3, 0.4) is 0 Å². The Labute approximate surface area is 225 Å². The summed E-state index contributed by atoms with van der Waals surface area (Å²) in [6.07, 6.45) is -0.416. The van der Waals surface area contributed by atoms with Gasteiger partial charge in [-0.15, -0.1) is 0 Å². The lowest BCUT2D eigenvalue weighted by Crippen LogP contribution is -2.53. The molecule has 0 aromatic heterocycles. The molecule has 1 aliphatic rings. The lowest BCUT2D eigenvalue weighted by Gasteiger charge is -2.42. The molecular formula is C30H36N2O5S. The van der Waals surface area contributed by atoms with E-state index in [4.69, 9.17) is 4.74 Å². The second-order valence-electron chi connectivity index (χ2n) is 11.3. The highest BCUT2D eigenvalue weighted by atomic mass is 32.2. The van der Waals surface area contributed by atoms with Crippen molar-refractivity contribution >= 4 is 21.6 Å². The normalized spacial score (nSPS) is 18.8. The van der Waals surface area contributed by atoms with Gasteiger partial charge in [-0.3, -0.25) is 4.79 Å². The molecule has 0 saturated heterocycles. The van der Waals surface area contributed by atoms with Crippen molar-refractivity contribution < 1.29 is 23.1 Å². The van der Waals surface area contributed by atoms with Crippen LogP contribution in [0.15, 0.2) is 71.6 Å². The number of ether oxygens (including phenoxy) is 1. The van der Waals surface area contributed by atoms with Crippen LogP contribution < -0.4 is 14.8 Å². The van der Waals surface area contributed by atoms with Crippen LogP contribution >= 0.6 is 0 Å². The lowest BCUT2D eigenvalue weighted by atomic mass is 9.86. The molecule has 202 valence electrons. The first-order valence-electron chi connectivity index (χ1n) is 12.8. The van der Waals surface area contributed by atoms with Gasteiger partial charge in [0.1, 0.15) is 17.5 Å². The number of fused-ring (bicyclic) bond motifs is 1. The van der Waals surface area contributed by atoms with Crippen LogP contribution in [-0.2, 0) is 21.9 Å². The number of benzene rings is 3. The zero-order valence-corrected chi connectivity index (χ0v) is 23.5. The highest BCUT2D eigenvalue weighted by Gasteiger charge is 2.44. The van der Waals surface area contributed by atoms with Gasteiger partial charge in [-0.2, -0.15) is 0 Å². The molecule has 0 radical (unpaired) electrons. The number of hydrogen-bond acceptors (Lipinski definition) is 5. The SMILES string of the molecule is CCc1ccc(S(=O)(=O)N[C@@H]2c3cc(C(=O)Nc4cccc(C(C)(C)C)c4)ccc3OC(C)(C)[C@H]2O)cc1. The highest BCUT2D eigenvalue weighted by Crippen LogP contribution is 2.41. The van der Waals surface area contributed by atoms with E-state index in [1.165, 1.54) is 0 Å². The molecule has 3 aromatic rings. The standard InChI is InChI=1S/C30H36N2O5S/c1-7-19-11-14-23(15-12-19)38(35,36)32-26-24-17-20(13-16-25(24)37-30(5,6)27(26)33)28(34)31-22-10-8-9-21(18-22)29(2,3)4/h8-18,26-27,32-33H,7H2,1-6H3,(H,31,34)/t26-,27+/m1/s1. The van der Waals surface area contributed by atoms with E-state index in [1.54, 1.807) is 56.3 Å². The Balaban J connectivity index is 1.66. The molecule has 0 spiro atoms. The predicted octanol–water partition coefficient (Wildman–Crippen LogP) is 5.35. The number of hydrogen-bond donors (Lipinski definition) is 3. The van der Waals surface area contributed by atoms with Gasteiger partial charge in [-0.1, -0.05) is 52.0 Å². The maximum atomic E-state index is 13.3. The zero-order chi connectivity index (χ0) is 27.9. The van der Waals surface area contributed by atoms with Gasteiger partial charge in [0.2, 0.25) is 10.0 Å². The van der Waals surface area contributed by atoms with Crippen molar-refractivity contribution in [3.05, 3.63) is 89.0 Å². The van der Waals surface area contributed by atoms with Crippen LogP contribution in [0.25, 0.3) is 0 Å². The van der Waals surface area contributed by atoms with Crippen molar-refractivity contribution in [2.75, 3.05) is 5.32 Å². The number of rotatable bonds is 6. The van der Waals surface area contributed by atoms with Crippen LogP contribution in [-0.4, -0.2) is 31.1 Å². The number of aliphatic hydroxyl groups excluding tert-OH is 1. The molecule has 1 heterocycles. The summed E-state index contributed by atoms with van der Waals surface area (Å²) in [7, 11) is -3.98. The number of carbonyl (C=O) groups excluding carboxylic acids is 1. The quantitative estimate of drug-likeness (QED) is 0.394. The number of aryl methyl sites for hydroxylation is 1. The molecule has 0 saturated carbocycles. The van der Waals surface area contributed by atoms with Crippen molar-refractivity contribution in [2.45, 2.75) is 76.0 Å². The van der Waals surface area contributed by atoms with E-state index >= 15 is 0 Å². The smallest absolute Gasteiger partial charge is 0.255 e. The lowest BCUT2D eigenvalue weighted by molar-refractivity contribution is -0.0603. The summed E-state index contributed by atoms with van der Waals surface area (Å²) in [4.78, 5) is 13.3. The van der Waals surface area contributed by atoms with Gasteiger partial charge in [-0.25, -0.2) is 13.1 Å². The van der Waals surface area contributed by atoms with Crippen molar-refractivity contribution in [1.29, 1.82) is 0 Å². The van der Waals surface area contributed by atoms with Crippen molar-refractivity contribution in [2.24, 2.45) is 0 Å². The third-order valence-electron chi connectivity index (χ3n) is 6.92. The minimum absolute atomic E-state index is 0.0753. The Hall–Kier alpha value is -3.20. The zero-order valence-electron chi connectivity index (χ0n) is 22.7. The predicted molar refractivity (Wildman–Crippen MR) is 149 cm³/mol. The van der Waals surface area contributed by atoms with Gasteiger partial charge in [0, 0.05) is 16.8 Å². The average Bonchev–Trinajstić information content (AvgIpc) is 2.86. The van der Waals surface area contributed by atoms with Crippen molar-refractivity contribution in [1.82, 2.24) is 4.72 Å². The van der Waals surface area contributed by atoms with E-state index in [0.29, 0.717) is 22.6 Å². The fourth-order valence-corrected chi connectivity index (χ4v) is 5.70. The molecule has 0 bridgehead atoms. The summed E-state index contributed by atoms with van der Waals surface area (Å²) < 4.78 is 35.3. The van der Waals surface area contributed by atoms with E-state index < -0.39 is 27.8 Å². The largest absolute Gasteiger partial charge is 0.485 e. The van der Waals surface area contributed by atoms with Gasteiger partial charge in [0.15, 0.2) is 0 Å². The molecular weight excluding hydrogens is 500 g/mol. The summed E-state index contributed by atoms with van der Waals surface area (Å²) in [6, 6.07) is 18.1. The fourth-order valence-electron chi connectivity index (χ4n) is 4.48. The second kappa shape index (κ2) is 10.2. The number of anilines is 1. The van der Waals surface area contributed by atoms with Crippen LogP contribution in [0.2, 0.25) is 0 Å². The van der Waals surface area contributed by atoms with Gasteiger partial charge in [0.05, 0.1) is 10.9 Å². The third kappa shape index (κ3) is 5.77. The van der Waals surface area contributed by atoms with Crippen molar-refractivity contribution in [3.63, 3.8) is 0 Å². The van der Waals surface area contributed by atoms with Gasteiger partial charge >= 0.3 is 0 Å². The molecule has 3 N–H and O–H groups in total. The summed E-state index contributed by atoms with van der Waals surface area (Å²) in [5.41, 5.74) is 2.33. The van der Waals surface area contributed by atoms with E-state index in [2.05, 4.69) is 30.8 Å².